The van der Waals surface area contributed by atoms with E-state index in [2.05, 4.69) is 26.1 Å². The number of carbonyl (C=O) groups is 2. The van der Waals surface area contributed by atoms with Crippen LogP contribution in [0.25, 0.3) is 0 Å². The van der Waals surface area contributed by atoms with E-state index in [9.17, 15) is 14.7 Å². The number of carbonyl (C=O) groups excluding carboxylic acids is 2. The number of esters is 1. The summed E-state index contributed by atoms with van der Waals surface area (Å²) in [7, 11) is -2.13. The summed E-state index contributed by atoms with van der Waals surface area (Å²) in [6, 6.07) is -1.29. The van der Waals surface area contributed by atoms with Gasteiger partial charge in [-0.2, -0.15) is 0 Å². The van der Waals surface area contributed by atoms with Gasteiger partial charge in [-0.3, -0.25) is 0 Å². The highest BCUT2D eigenvalue weighted by Gasteiger charge is 2.40. The van der Waals surface area contributed by atoms with Crippen LogP contribution in [-0.4, -0.2) is 55.4 Å². The molecule has 0 fully saturated rings. The number of aliphatic hydroxyl groups is 1. The molecule has 0 rings (SSSR count). The molecule has 0 aliphatic carbocycles. The summed E-state index contributed by atoms with van der Waals surface area (Å²) < 4.78 is 16.5. The fourth-order valence-corrected chi connectivity index (χ4v) is 2.74. The van der Waals surface area contributed by atoms with Crippen molar-refractivity contribution in [1.29, 1.82) is 0 Å². The van der Waals surface area contributed by atoms with Crippen LogP contribution in [0.4, 0.5) is 4.79 Å². The Kier molecular flexibility index (Phi) is 8.55. The molecule has 0 aromatic carbocycles. The van der Waals surface area contributed by atoms with E-state index in [1.54, 1.807) is 41.5 Å². The van der Waals surface area contributed by atoms with Crippen molar-refractivity contribution in [3.63, 3.8) is 0 Å². The molecular weight excluding hydrogens is 366 g/mol. The van der Waals surface area contributed by atoms with Gasteiger partial charge in [0.15, 0.2) is 14.4 Å². The number of hydrogen-bond acceptors (Lipinski definition) is 6. The fourth-order valence-electron chi connectivity index (χ4n) is 1.72. The number of aliphatic hydroxyl groups excluding tert-OH is 1. The minimum atomic E-state index is -2.13. The van der Waals surface area contributed by atoms with Crippen LogP contribution in [0.15, 0.2) is 0 Å². The smallest absolute Gasteiger partial charge is 0.408 e. The molecule has 0 heterocycles. The SMILES string of the molecule is CC(C)(C)OC(=O)N[C@H](C(=O)OC(C)(C)C)[C@H](O)CO[Si](C)(C)C(C)(C)C. The first-order valence-corrected chi connectivity index (χ1v) is 12.2. The minimum Gasteiger partial charge on any atom is -0.458 e. The average Bonchev–Trinajstić information content (AvgIpc) is 2.36. The van der Waals surface area contributed by atoms with Gasteiger partial charge < -0.3 is 24.3 Å². The number of nitrogens with one attached hydrogen (secondary N) is 1. The fraction of sp³-hybridized carbons (Fsp3) is 0.895. The molecule has 0 aromatic rings. The second-order valence-corrected chi connectivity index (χ2v) is 15.1. The van der Waals surface area contributed by atoms with Gasteiger partial charge in [0, 0.05) is 0 Å². The Hall–Kier alpha value is -1.12. The van der Waals surface area contributed by atoms with Crippen LogP contribution in [0.5, 0.6) is 0 Å². The van der Waals surface area contributed by atoms with Crippen LogP contribution in [0.2, 0.25) is 18.1 Å². The molecule has 2 atom stereocenters. The first kappa shape index (κ1) is 25.9. The van der Waals surface area contributed by atoms with Gasteiger partial charge in [0.25, 0.3) is 0 Å². The predicted octanol–water partition coefficient (Wildman–Crippen LogP) is 3.60. The van der Waals surface area contributed by atoms with Crippen LogP contribution in [0.3, 0.4) is 0 Å². The van der Waals surface area contributed by atoms with Crippen LogP contribution in [0, 0.1) is 0 Å². The average molecular weight is 406 g/mol. The molecule has 160 valence electrons. The molecule has 0 unspecified atom stereocenters. The molecule has 0 aliphatic rings. The number of amides is 1. The summed E-state index contributed by atoms with van der Waals surface area (Å²) in [6.45, 7) is 20.5. The van der Waals surface area contributed by atoms with Crippen LogP contribution < -0.4 is 5.32 Å². The monoisotopic (exact) mass is 405 g/mol. The van der Waals surface area contributed by atoms with Crippen molar-refractivity contribution in [3.05, 3.63) is 0 Å². The van der Waals surface area contributed by atoms with Crippen molar-refractivity contribution in [3.8, 4) is 0 Å². The molecule has 1 amide bonds. The van der Waals surface area contributed by atoms with E-state index < -0.39 is 43.7 Å². The summed E-state index contributed by atoms with van der Waals surface area (Å²) in [5.41, 5.74) is -1.49. The van der Waals surface area contributed by atoms with Gasteiger partial charge in [0.2, 0.25) is 0 Å². The van der Waals surface area contributed by atoms with E-state index in [-0.39, 0.29) is 11.6 Å². The normalized spacial score (nSPS) is 15.7. The summed E-state index contributed by atoms with van der Waals surface area (Å²) in [4.78, 5) is 24.6. The molecule has 27 heavy (non-hydrogen) atoms. The lowest BCUT2D eigenvalue weighted by Gasteiger charge is -2.37. The molecule has 0 saturated heterocycles. The highest BCUT2D eigenvalue weighted by Crippen LogP contribution is 2.36. The van der Waals surface area contributed by atoms with Crippen LogP contribution in [-0.2, 0) is 18.7 Å². The van der Waals surface area contributed by atoms with E-state index in [0.717, 1.165) is 0 Å². The second-order valence-electron chi connectivity index (χ2n) is 10.3. The molecule has 0 bridgehead atoms. The zero-order valence-electron chi connectivity index (χ0n) is 18.9. The van der Waals surface area contributed by atoms with Gasteiger partial charge in [0.05, 0.1) is 6.61 Å². The summed E-state index contributed by atoms with van der Waals surface area (Å²) in [5.74, 6) is -0.736. The Bertz CT molecular complexity index is 514. The maximum Gasteiger partial charge on any atom is 0.408 e. The molecule has 0 aromatic heterocycles. The van der Waals surface area contributed by atoms with Crippen molar-refractivity contribution >= 4 is 20.4 Å². The van der Waals surface area contributed by atoms with E-state index in [1.807, 2.05) is 13.1 Å². The van der Waals surface area contributed by atoms with Crippen molar-refractivity contribution in [2.75, 3.05) is 6.61 Å². The first-order chi connectivity index (χ1) is 11.8. The highest BCUT2D eigenvalue weighted by atomic mass is 28.4. The number of rotatable bonds is 6. The van der Waals surface area contributed by atoms with Crippen molar-refractivity contribution in [1.82, 2.24) is 5.32 Å². The van der Waals surface area contributed by atoms with Gasteiger partial charge in [-0.1, -0.05) is 20.8 Å². The van der Waals surface area contributed by atoms with Crippen LogP contribution in [0.1, 0.15) is 62.3 Å². The maximum atomic E-state index is 12.5. The summed E-state index contributed by atoms with van der Waals surface area (Å²) in [6.07, 6.45) is -2.06. The van der Waals surface area contributed by atoms with E-state index in [0.29, 0.717) is 0 Å². The van der Waals surface area contributed by atoms with Crippen molar-refractivity contribution in [2.45, 2.75) is 104 Å². The molecule has 0 spiro atoms. The number of alkyl carbamates (subject to hydrolysis) is 1. The summed E-state index contributed by atoms with van der Waals surface area (Å²) >= 11 is 0. The lowest BCUT2D eigenvalue weighted by molar-refractivity contribution is -0.161. The van der Waals surface area contributed by atoms with Gasteiger partial charge in [-0.05, 0) is 59.7 Å². The molecule has 2 N–H and O–H groups in total. The largest absolute Gasteiger partial charge is 0.458 e. The van der Waals surface area contributed by atoms with E-state index >= 15 is 0 Å². The molecule has 7 nitrogen and oxygen atoms in total. The summed E-state index contributed by atoms with van der Waals surface area (Å²) in [5, 5.41) is 13.0. The predicted molar refractivity (Wildman–Crippen MR) is 108 cm³/mol. The van der Waals surface area contributed by atoms with Crippen molar-refractivity contribution < 1.29 is 28.6 Å². The second kappa shape index (κ2) is 8.92. The zero-order chi connectivity index (χ0) is 21.8. The topological polar surface area (TPSA) is 94.1 Å². The zero-order valence-corrected chi connectivity index (χ0v) is 19.9. The van der Waals surface area contributed by atoms with Gasteiger partial charge >= 0.3 is 12.1 Å². The molecule has 0 aliphatic heterocycles. The van der Waals surface area contributed by atoms with Gasteiger partial charge in [0.1, 0.15) is 17.3 Å². The Balaban J connectivity index is 5.27. The maximum absolute atomic E-state index is 12.5. The third-order valence-corrected chi connectivity index (χ3v) is 8.64. The van der Waals surface area contributed by atoms with Crippen LogP contribution >= 0.6 is 0 Å². The molecule has 0 radical (unpaired) electrons. The third-order valence-electron chi connectivity index (χ3n) is 4.14. The number of ether oxygens (including phenoxy) is 2. The molecule has 0 saturated carbocycles. The molecular formula is C19H39NO6Si. The minimum absolute atomic E-state index is 0.0489. The first-order valence-electron chi connectivity index (χ1n) is 9.29. The van der Waals surface area contributed by atoms with E-state index in [4.69, 9.17) is 13.9 Å². The lowest BCUT2D eigenvalue weighted by atomic mass is 10.1. The lowest BCUT2D eigenvalue weighted by Crippen LogP contribution is -2.54. The third kappa shape index (κ3) is 10.1. The standard InChI is InChI=1S/C19H39NO6Si/c1-17(2,3)25-15(22)14(20-16(23)26-18(4,5)6)13(21)12-24-27(10,11)19(7,8)9/h13-14,21H,12H2,1-11H3,(H,20,23)/t13-,14+/m1/s1. The van der Waals surface area contributed by atoms with Gasteiger partial charge in [-0.15, -0.1) is 0 Å². The quantitative estimate of drug-likeness (QED) is 0.518. The Morgan fingerprint density at radius 2 is 1.37 bits per heavy atom. The Labute approximate surface area is 165 Å². The Morgan fingerprint density at radius 1 is 0.926 bits per heavy atom. The Morgan fingerprint density at radius 3 is 1.74 bits per heavy atom. The van der Waals surface area contributed by atoms with Crippen molar-refractivity contribution in [2.24, 2.45) is 0 Å². The molecule has 8 heteroatoms. The van der Waals surface area contributed by atoms with Gasteiger partial charge in [-0.25, -0.2) is 9.59 Å². The highest BCUT2D eigenvalue weighted by molar-refractivity contribution is 6.74. The van der Waals surface area contributed by atoms with E-state index in [1.165, 1.54) is 0 Å². The number of hydrogen-bond donors (Lipinski definition) is 2.